The molecule has 0 aromatic heterocycles. The number of carbonyl (C=O) groups excluding carboxylic acids is 2. The minimum absolute atomic E-state index is 0.109. The Morgan fingerprint density at radius 1 is 0.382 bits per heavy atom. The monoisotopic (exact) mass is 921 g/mol. The summed E-state index contributed by atoms with van der Waals surface area (Å²) in [5.74, 6) is -2.67. The van der Waals surface area contributed by atoms with E-state index in [9.17, 15) is 19.8 Å². The number of rotatable bonds is 40. The Bertz CT molecular complexity index is 691. The summed E-state index contributed by atoms with van der Waals surface area (Å²) < 4.78 is 3.25. The molecular weight excluding hydrogens is 823 g/mol. The van der Waals surface area contributed by atoms with Crippen molar-refractivity contribution in [3.8, 4) is 0 Å². The van der Waals surface area contributed by atoms with Crippen molar-refractivity contribution >= 4 is 58.3 Å². The first kappa shape index (κ1) is 59.7. The van der Waals surface area contributed by atoms with Crippen molar-refractivity contribution in [1.29, 1.82) is 0 Å². The summed E-state index contributed by atoms with van der Waals surface area (Å²) in [7, 11) is 0. The zero-order chi connectivity index (χ0) is 41.6. The van der Waals surface area contributed by atoms with Gasteiger partial charge in [-0.3, -0.25) is 0 Å². The molecule has 0 radical (unpaired) electrons. The third-order valence-corrected chi connectivity index (χ3v) is 15.7. The Kier molecular flexibility index (Phi) is 54.9. The molecular formula is C48H96O4S2Sn. The predicted octanol–water partition coefficient (Wildman–Crippen LogP) is 14.2. The summed E-state index contributed by atoms with van der Waals surface area (Å²) in [5, 5.41) is 21.7. The van der Waals surface area contributed by atoms with Crippen LogP contribution in [-0.4, -0.2) is 43.6 Å². The summed E-state index contributed by atoms with van der Waals surface area (Å²) in [6.07, 6.45) is 44.4. The Balaban J connectivity index is -0.000000805. The van der Waals surface area contributed by atoms with Crippen molar-refractivity contribution in [3.05, 3.63) is 0 Å². The van der Waals surface area contributed by atoms with Gasteiger partial charge in [-0.15, -0.1) is 0 Å². The molecule has 0 amide bonds. The molecule has 0 spiro atoms. The van der Waals surface area contributed by atoms with E-state index in [0.717, 1.165) is 25.7 Å². The van der Waals surface area contributed by atoms with E-state index in [0.29, 0.717) is 12.8 Å². The Hall–Kier alpha value is 0.439. The number of hydrogen-bond acceptors (Lipinski definition) is 6. The third kappa shape index (κ3) is 50.5. The van der Waals surface area contributed by atoms with Gasteiger partial charge >= 0.3 is 69.5 Å². The summed E-state index contributed by atoms with van der Waals surface area (Å²) in [5.41, 5.74) is 0. The van der Waals surface area contributed by atoms with Crippen LogP contribution in [0.2, 0.25) is 8.87 Å². The molecule has 4 nitrogen and oxygen atoms in total. The molecule has 0 aromatic rings. The second-order valence-corrected chi connectivity index (χ2v) is 22.5. The number of thiol groups is 2. The van der Waals surface area contributed by atoms with Gasteiger partial charge in [-0.25, -0.2) is 0 Å². The maximum atomic E-state index is 10.9. The van der Waals surface area contributed by atoms with Gasteiger partial charge in [0.2, 0.25) is 0 Å². The zero-order valence-corrected chi connectivity index (χ0v) is 42.4. The predicted molar refractivity (Wildman–Crippen MR) is 249 cm³/mol. The van der Waals surface area contributed by atoms with Gasteiger partial charge in [-0.05, 0) is 12.8 Å². The average Bonchev–Trinajstić information content (AvgIpc) is 3.14. The standard InChI is InChI=1S/2C20H40O2S.2C4H9.Sn/c2*1-3-4-5-6-7-8-9-10-11-12-13-14-15-16-17-19(18(2)23)20(21)22;2*1-3-4-2;/h2*18-19,23H,3-17H2,1-2H3,(H,21,22);2*1,3-4H2,2H3;/q;;;;+2/p-2. The Morgan fingerprint density at radius 3 is 0.764 bits per heavy atom. The zero-order valence-electron chi connectivity index (χ0n) is 37.8. The number of aliphatic carboxylic acids is 2. The fourth-order valence-electron chi connectivity index (χ4n) is 6.96. The second kappa shape index (κ2) is 50.6. The molecule has 0 rings (SSSR count). The number of carbonyl (C=O) groups is 2. The van der Waals surface area contributed by atoms with Crippen molar-refractivity contribution in [3.63, 3.8) is 0 Å². The number of carboxylic acid groups (broad SMARTS) is 2. The van der Waals surface area contributed by atoms with Crippen LogP contribution in [0.1, 0.15) is 260 Å². The van der Waals surface area contributed by atoms with Crippen LogP contribution in [0.15, 0.2) is 0 Å². The topological polar surface area (TPSA) is 80.3 Å². The maximum absolute atomic E-state index is 10.9. The van der Waals surface area contributed by atoms with Gasteiger partial charge in [0, 0.05) is 34.3 Å². The van der Waals surface area contributed by atoms with Crippen LogP contribution in [0.5, 0.6) is 0 Å². The molecule has 55 heavy (non-hydrogen) atoms. The van der Waals surface area contributed by atoms with Crippen LogP contribution in [-0.2, 0) is 9.59 Å². The Labute approximate surface area is 366 Å². The molecule has 4 atom stereocenters. The van der Waals surface area contributed by atoms with Crippen LogP contribution in [0.25, 0.3) is 0 Å². The van der Waals surface area contributed by atoms with Gasteiger partial charge in [-0.1, -0.05) is 207 Å². The van der Waals surface area contributed by atoms with E-state index in [1.54, 1.807) is 8.87 Å². The van der Waals surface area contributed by atoms with Crippen LogP contribution in [0.3, 0.4) is 0 Å². The number of unbranched alkanes of at least 4 members (excludes halogenated alkanes) is 28. The molecule has 0 saturated heterocycles. The number of hydrogen-bond donors (Lipinski definition) is 2. The molecule has 0 aromatic carbocycles. The molecule has 0 fully saturated rings. The van der Waals surface area contributed by atoms with Gasteiger partial charge in [0.05, 0.1) is 0 Å². The van der Waals surface area contributed by atoms with Crippen molar-refractivity contribution in [2.45, 2.75) is 279 Å². The molecule has 0 aliphatic heterocycles. The van der Waals surface area contributed by atoms with E-state index in [1.807, 2.05) is 13.8 Å². The molecule has 0 bridgehead atoms. The second-order valence-electron chi connectivity index (χ2n) is 16.6. The molecule has 0 heterocycles. The third-order valence-electron chi connectivity index (χ3n) is 10.9. The van der Waals surface area contributed by atoms with Gasteiger partial charge in [0.15, 0.2) is 0 Å². The van der Waals surface area contributed by atoms with Crippen molar-refractivity contribution in [2.24, 2.45) is 11.8 Å². The fourth-order valence-corrected chi connectivity index (χ4v) is 11.7. The van der Waals surface area contributed by atoms with E-state index >= 15 is 0 Å². The Morgan fingerprint density at radius 2 is 0.582 bits per heavy atom. The molecule has 4 unspecified atom stereocenters. The van der Waals surface area contributed by atoms with Crippen LogP contribution < -0.4 is 10.2 Å². The first-order valence-electron chi connectivity index (χ1n) is 24.1. The summed E-state index contributed by atoms with van der Waals surface area (Å²) in [6, 6.07) is 0. The van der Waals surface area contributed by atoms with E-state index < -0.39 is 23.8 Å². The van der Waals surface area contributed by atoms with Crippen LogP contribution >= 0.6 is 25.3 Å². The van der Waals surface area contributed by atoms with Gasteiger partial charge < -0.3 is 19.8 Å². The van der Waals surface area contributed by atoms with E-state index in [1.165, 1.54) is 180 Å². The summed E-state index contributed by atoms with van der Waals surface area (Å²) >= 11 is 8.62. The molecule has 0 saturated carbocycles. The number of carboxylic acids is 2. The molecule has 0 aliphatic carbocycles. The molecule has 328 valence electrons. The van der Waals surface area contributed by atoms with Crippen molar-refractivity contribution < 1.29 is 19.8 Å². The summed E-state index contributed by atoms with van der Waals surface area (Å²) in [6.45, 7) is 12.8. The average molecular weight is 920 g/mol. The van der Waals surface area contributed by atoms with Crippen LogP contribution in [0, 0.1) is 11.8 Å². The minimum atomic E-state index is -0.942. The quantitative estimate of drug-likeness (QED) is 0.0365. The van der Waals surface area contributed by atoms with Crippen molar-refractivity contribution in [2.75, 3.05) is 0 Å². The summed E-state index contributed by atoms with van der Waals surface area (Å²) in [4.78, 5) is 21.9. The van der Waals surface area contributed by atoms with E-state index in [2.05, 4.69) is 53.0 Å². The van der Waals surface area contributed by atoms with Gasteiger partial charge in [0.1, 0.15) is 0 Å². The van der Waals surface area contributed by atoms with Crippen molar-refractivity contribution in [1.82, 2.24) is 0 Å². The van der Waals surface area contributed by atoms with Gasteiger partial charge in [0.25, 0.3) is 0 Å². The molecule has 7 heteroatoms. The fraction of sp³-hybridized carbons (Fsp3) is 0.958. The first-order chi connectivity index (χ1) is 26.6. The normalized spacial score (nSPS) is 13.1. The SMILES string of the molecule is CCCCCCCCCCCCCCCCC(C(=O)[O-])C(C)S.CCCCCCCCCCCCCCCCC(C(=O)[O-])C(C)S.CCC[CH2][Sn+2][CH2]CCC. The molecule has 0 aliphatic rings. The van der Waals surface area contributed by atoms with Gasteiger partial charge in [-0.2, -0.15) is 25.3 Å². The first-order valence-corrected chi connectivity index (χ1v) is 29.2. The van der Waals surface area contributed by atoms with E-state index in [-0.39, 0.29) is 31.6 Å². The molecule has 0 N–H and O–H groups in total. The van der Waals surface area contributed by atoms with Crippen LogP contribution in [0.4, 0.5) is 0 Å². The van der Waals surface area contributed by atoms with E-state index in [4.69, 9.17) is 0 Å².